The molecule has 2 heterocycles. The van der Waals surface area contributed by atoms with Gasteiger partial charge in [-0.1, -0.05) is 12.7 Å². The van der Waals surface area contributed by atoms with Crippen molar-refractivity contribution in [3.8, 4) is 0 Å². The van der Waals surface area contributed by atoms with E-state index in [2.05, 4.69) is 11.9 Å². The lowest BCUT2D eigenvalue weighted by Crippen LogP contribution is -2.52. The summed E-state index contributed by atoms with van der Waals surface area (Å²) in [5, 5.41) is 3.31. The van der Waals surface area contributed by atoms with Crippen molar-refractivity contribution in [3.05, 3.63) is 35.9 Å². The van der Waals surface area contributed by atoms with E-state index in [0.29, 0.717) is 11.6 Å². The van der Waals surface area contributed by atoms with Gasteiger partial charge in [0.25, 0.3) is 5.91 Å². The normalized spacial score (nSPS) is 25.7. The molecule has 0 spiro atoms. The minimum Gasteiger partial charge on any atom is -0.465 e. The van der Waals surface area contributed by atoms with Crippen LogP contribution in [0.5, 0.6) is 0 Å². The van der Waals surface area contributed by atoms with Gasteiger partial charge in [0.1, 0.15) is 5.70 Å². The summed E-state index contributed by atoms with van der Waals surface area (Å²) in [6.07, 6.45) is 4.94. The van der Waals surface area contributed by atoms with Crippen molar-refractivity contribution in [2.45, 2.75) is 38.8 Å². The first-order valence-corrected chi connectivity index (χ1v) is 7.05. The lowest BCUT2D eigenvalue weighted by atomic mass is 10.0. The van der Waals surface area contributed by atoms with Crippen molar-refractivity contribution < 1.29 is 9.53 Å². The number of nitrogens with one attached hydrogen (secondary N) is 1. The number of hydrogen-bond acceptors (Lipinski definition) is 4. The van der Waals surface area contributed by atoms with Gasteiger partial charge in [0.2, 0.25) is 5.88 Å². The number of carbonyl (C=O) groups excluding carboxylic acids is 1. The maximum Gasteiger partial charge on any atom is 0.268 e. The van der Waals surface area contributed by atoms with Gasteiger partial charge < -0.3 is 20.7 Å². The van der Waals surface area contributed by atoms with Gasteiger partial charge in [-0.05, 0) is 51.4 Å². The predicted molar refractivity (Wildman–Crippen MR) is 78.5 cm³/mol. The molecule has 20 heavy (non-hydrogen) atoms. The largest absolute Gasteiger partial charge is 0.465 e. The van der Waals surface area contributed by atoms with Crippen LogP contribution in [0.3, 0.4) is 0 Å². The fraction of sp³-hybridized carbons (Fsp3) is 0.533. The summed E-state index contributed by atoms with van der Waals surface area (Å²) in [6.45, 7) is 9.24. The van der Waals surface area contributed by atoms with E-state index in [-0.39, 0.29) is 11.9 Å². The van der Waals surface area contributed by atoms with Crippen LogP contribution in [0.15, 0.2) is 35.9 Å². The van der Waals surface area contributed by atoms with E-state index < -0.39 is 6.10 Å². The molecule has 1 unspecified atom stereocenters. The number of hydrogen-bond donors (Lipinski definition) is 2. The molecule has 110 valence electrons. The fourth-order valence-corrected chi connectivity index (χ4v) is 2.59. The van der Waals surface area contributed by atoms with Gasteiger partial charge in [-0.2, -0.15) is 0 Å². The van der Waals surface area contributed by atoms with Crippen molar-refractivity contribution in [2.75, 3.05) is 13.1 Å². The van der Waals surface area contributed by atoms with Crippen LogP contribution >= 0.6 is 0 Å². The van der Waals surface area contributed by atoms with Crippen molar-refractivity contribution in [3.63, 3.8) is 0 Å². The minimum absolute atomic E-state index is 0.0192. The number of rotatable bonds is 3. The highest BCUT2D eigenvalue weighted by atomic mass is 16.5. The summed E-state index contributed by atoms with van der Waals surface area (Å²) in [5.41, 5.74) is 7.62. The Bertz CT molecular complexity index is 462. The molecule has 0 aromatic heterocycles. The lowest BCUT2D eigenvalue weighted by molar-refractivity contribution is -0.144. The lowest BCUT2D eigenvalue weighted by Gasteiger charge is -2.40. The van der Waals surface area contributed by atoms with Crippen LogP contribution in [-0.4, -0.2) is 36.0 Å². The number of ether oxygens (including phenoxy) is 1. The average molecular weight is 277 g/mol. The predicted octanol–water partition coefficient (Wildman–Crippen LogP) is 1.25. The Hall–Kier alpha value is -1.75. The summed E-state index contributed by atoms with van der Waals surface area (Å²) in [7, 11) is 0. The molecule has 3 N–H and O–H groups in total. The van der Waals surface area contributed by atoms with E-state index >= 15 is 0 Å². The zero-order valence-electron chi connectivity index (χ0n) is 12.2. The number of allylic oxidation sites excluding steroid dienone is 3. The first kappa shape index (κ1) is 14.7. The van der Waals surface area contributed by atoms with Gasteiger partial charge in [0, 0.05) is 6.04 Å². The maximum absolute atomic E-state index is 12.5. The molecule has 0 aromatic rings. The molecular weight excluding hydrogens is 254 g/mol. The molecule has 0 aliphatic carbocycles. The molecule has 0 saturated carbocycles. The Morgan fingerprint density at radius 1 is 1.50 bits per heavy atom. The zero-order valence-corrected chi connectivity index (χ0v) is 12.2. The highest BCUT2D eigenvalue weighted by molar-refractivity contribution is 5.84. The van der Waals surface area contributed by atoms with E-state index in [1.54, 1.807) is 13.0 Å². The van der Waals surface area contributed by atoms with Gasteiger partial charge in [0.05, 0.1) is 0 Å². The second-order valence-corrected chi connectivity index (χ2v) is 5.29. The number of piperidine rings is 1. The van der Waals surface area contributed by atoms with Gasteiger partial charge >= 0.3 is 0 Å². The highest BCUT2D eigenvalue weighted by Gasteiger charge is 2.36. The topological polar surface area (TPSA) is 67.6 Å². The van der Waals surface area contributed by atoms with E-state index in [4.69, 9.17) is 10.5 Å². The minimum atomic E-state index is -0.522. The highest BCUT2D eigenvalue weighted by Crippen LogP contribution is 2.27. The molecule has 1 fully saturated rings. The Kier molecular flexibility index (Phi) is 4.49. The van der Waals surface area contributed by atoms with Crippen LogP contribution in [0.1, 0.15) is 26.7 Å². The fourth-order valence-electron chi connectivity index (χ4n) is 2.59. The van der Waals surface area contributed by atoms with Gasteiger partial charge in [0.15, 0.2) is 6.10 Å². The summed E-state index contributed by atoms with van der Waals surface area (Å²) in [6, 6.07) is 0.178. The second-order valence-electron chi connectivity index (χ2n) is 5.29. The Morgan fingerprint density at radius 2 is 2.15 bits per heavy atom. The third-order valence-corrected chi connectivity index (χ3v) is 3.76. The van der Waals surface area contributed by atoms with E-state index in [1.807, 2.05) is 17.9 Å². The summed E-state index contributed by atoms with van der Waals surface area (Å²) < 4.78 is 5.45. The SMILES string of the molecule is C=C/C(C)=C\C1=C(N)OC(C)C(=O)N1C1CCNCC1. The first-order chi connectivity index (χ1) is 9.54. The van der Waals surface area contributed by atoms with Crippen molar-refractivity contribution in [2.24, 2.45) is 5.73 Å². The Balaban J connectivity index is 2.37. The van der Waals surface area contributed by atoms with Crippen LogP contribution in [0.2, 0.25) is 0 Å². The standard InChI is InChI=1S/C15H23N3O2/c1-4-10(2)9-13-14(16)20-11(3)15(19)18(13)12-5-7-17-8-6-12/h4,9,11-12,17H,1,5-8,16H2,2-3H3/b10-9-. The molecular formula is C15H23N3O2. The van der Waals surface area contributed by atoms with Crippen molar-refractivity contribution in [1.82, 2.24) is 10.2 Å². The Labute approximate surface area is 120 Å². The molecule has 0 aromatic carbocycles. The molecule has 1 atom stereocenters. The van der Waals surface area contributed by atoms with Crippen LogP contribution in [0, 0.1) is 0 Å². The van der Waals surface area contributed by atoms with Crippen LogP contribution in [-0.2, 0) is 9.53 Å². The number of nitrogens with two attached hydrogens (primary N) is 1. The average Bonchev–Trinajstić information content (AvgIpc) is 2.45. The summed E-state index contributed by atoms with van der Waals surface area (Å²) in [4.78, 5) is 14.3. The molecule has 0 radical (unpaired) electrons. The molecule has 5 heteroatoms. The van der Waals surface area contributed by atoms with E-state index in [1.165, 1.54) is 0 Å². The molecule has 0 bridgehead atoms. The third kappa shape index (κ3) is 2.88. The molecule has 1 amide bonds. The maximum atomic E-state index is 12.5. The molecule has 2 aliphatic rings. The van der Waals surface area contributed by atoms with E-state index in [9.17, 15) is 4.79 Å². The monoisotopic (exact) mass is 277 g/mol. The quantitative estimate of drug-likeness (QED) is 0.762. The number of carbonyl (C=O) groups is 1. The van der Waals surface area contributed by atoms with Gasteiger partial charge in [-0.25, -0.2) is 0 Å². The molecule has 2 aliphatic heterocycles. The Morgan fingerprint density at radius 3 is 2.75 bits per heavy atom. The van der Waals surface area contributed by atoms with Gasteiger partial charge in [-0.15, -0.1) is 0 Å². The van der Waals surface area contributed by atoms with Crippen LogP contribution in [0.25, 0.3) is 0 Å². The van der Waals surface area contributed by atoms with Crippen molar-refractivity contribution >= 4 is 5.91 Å². The first-order valence-electron chi connectivity index (χ1n) is 7.05. The second kappa shape index (κ2) is 6.13. The van der Waals surface area contributed by atoms with Crippen LogP contribution in [0.4, 0.5) is 0 Å². The number of amides is 1. The summed E-state index contributed by atoms with van der Waals surface area (Å²) >= 11 is 0. The smallest absolute Gasteiger partial charge is 0.268 e. The molecule has 5 nitrogen and oxygen atoms in total. The molecule has 1 saturated heterocycles. The zero-order chi connectivity index (χ0) is 14.7. The number of nitrogens with zero attached hydrogens (tertiary/aromatic N) is 1. The molecule has 2 rings (SSSR count). The van der Waals surface area contributed by atoms with Gasteiger partial charge in [-0.3, -0.25) is 4.79 Å². The van der Waals surface area contributed by atoms with Crippen molar-refractivity contribution in [1.29, 1.82) is 0 Å². The third-order valence-electron chi connectivity index (χ3n) is 3.76. The summed E-state index contributed by atoms with van der Waals surface area (Å²) in [5.74, 6) is 0.297. The van der Waals surface area contributed by atoms with Crippen LogP contribution < -0.4 is 11.1 Å². The van der Waals surface area contributed by atoms with E-state index in [0.717, 1.165) is 31.5 Å².